The predicted octanol–water partition coefficient (Wildman–Crippen LogP) is 0.824. The summed E-state index contributed by atoms with van der Waals surface area (Å²) in [6.07, 6.45) is -1.23. The first-order chi connectivity index (χ1) is 6.04. The Balaban J connectivity index is 3.34. The molecule has 0 spiro atoms. The van der Waals surface area contributed by atoms with E-state index in [-0.39, 0.29) is 0 Å². The first-order valence-electron chi connectivity index (χ1n) is 3.29. The number of hydrogen-bond donors (Lipinski definition) is 2. The Kier molecular flexibility index (Phi) is 2.41. The first-order valence-corrected chi connectivity index (χ1v) is 3.29. The third-order valence-corrected chi connectivity index (χ3v) is 1.45. The molecule has 0 atom stereocenters. The third-order valence-electron chi connectivity index (χ3n) is 1.45. The van der Waals surface area contributed by atoms with E-state index >= 15 is 0 Å². The normalized spacial score (nSPS) is 10.4. The zero-order valence-corrected chi connectivity index (χ0v) is 6.37. The van der Waals surface area contributed by atoms with Crippen LogP contribution in [0.4, 0.5) is 8.78 Å². The van der Waals surface area contributed by atoms with Crippen LogP contribution in [0.2, 0.25) is 0 Å². The van der Waals surface area contributed by atoms with Gasteiger partial charge in [0, 0.05) is 6.20 Å². The van der Waals surface area contributed by atoms with Gasteiger partial charge in [-0.05, 0) is 0 Å². The van der Waals surface area contributed by atoms with Crippen LogP contribution in [0.3, 0.4) is 0 Å². The van der Waals surface area contributed by atoms with Gasteiger partial charge in [-0.3, -0.25) is 9.78 Å². The van der Waals surface area contributed by atoms with Gasteiger partial charge < -0.3 is 10.8 Å². The molecule has 0 fully saturated rings. The number of carbonyl (C=O) groups is 1. The maximum absolute atomic E-state index is 12.3. The number of halogens is 2. The Bertz CT molecular complexity index is 341. The Morgan fingerprint density at radius 1 is 1.54 bits per heavy atom. The highest BCUT2D eigenvalue weighted by atomic mass is 19.3. The molecule has 1 amide bonds. The zero-order valence-electron chi connectivity index (χ0n) is 6.37. The van der Waals surface area contributed by atoms with Crippen molar-refractivity contribution < 1.29 is 18.7 Å². The average Bonchev–Trinajstić information content (AvgIpc) is 2.02. The molecule has 1 rings (SSSR count). The van der Waals surface area contributed by atoms with Crippen molar-refractivity contribution in [1.82, 2.24) is 4.98 Å². The van der Waals surface area contributed by atoms with E-state index in [9.17, 15) is 13.6 Å². The predicted molar refractivity (Wildman–Crippen MR) is 39.4 cm³/mol. The van der Waals surface area contributed by atoms with Crippen LogP contribution in [-0.2, 0) is 0 Å². The summed E-state index contributed by atoms with van der Waals surface area (Å²) in [5, 5.41) is 8.96. The largest absolute Gasteiger partial charge is 0.506 e. The van der Waals surface area contributed by atoms with Gasteiger partial charge in [-0.2, -0.15) is 0 Å². The van der Waals surface area contributed by atoms with Gasteiger partial charge in [-0.1, -0.05) is 0 Å². The van der Waals surface area contributed by atoms with Crippen molar-refractivity contribution >= 4 is 5.91 Å². The smallest absolute Gasteiger partial charge is 0.268 e. The van der Waals surface area contributed by atoms with Crippen molar-refractivity contribution in [3.63, 3.8) is 0 Å². The minimum atomic E-state index is -2.95. The highest BCUT2D eigenvalue weighted by Crippen LogP contribution is 2.29. The van der Waals surface area contributed by atoms with Crippen molar-refractivity contribution in [2.45, 2.75) is 6.43 Å². The molecule has 0 aliphatic heterocycles. The molecule has 4 nitrogen and oxygen atoms in total. The molecule has 0 bridgehead atoms. The second-order valence-electron chi connectivity index (χ2n) is 2.28. The summed E-state index contributed by atoms with van der Waals surface area (Å²) in [5.41, 5.74) is 3.56. The van der Waals surface area contributed by atoms with Crippen molar-refractivity contribution in [2.24, 2.45) is 5.73 Å². The number of aromatic hydroxyl groups is 1. The molecular formula is C7H6F2N2O2. The SMILES string of the molecule is NC(=O)c1cncc(O)c1C(F)F. The van der Waals surface area contributed by atoms with Gasteiger partial charge in [0.25, 0.3) is 12.3 Å². The molecule has 1 aromatic rings. The van der Waals surface area contributed by atoms with Gasteiger partial charge in [0.2, 0.25) is 0 Å². The number of aromatic nitrogens is 1. The monoisotopic (exact) mass is 188 g/mol. The molecule has 0 aliphatic rings. The zero-order chi connectivity index (χ0) is 10.0. The topological polar surface area (TPSA) is 76.2 Å². The minimum Gasteiger partial charge on any atom is -0.506 e. The lowest BCUT2D eigenvalue weighted by Crippen LogP contribution is -2.14. The number of primary amides is 1. The van der Waals surface area contributed by atoms with Crippen LogP contribution in [0.5, 0.6) is 5.75 Å². The summed E-state index contributed by atoms with van der Waals surface area (Å²) in [4.78, 5) is 14.0. The molecule has 0 saturated carbocycles. The fourth-order valence-electron chi connectivity index (χ4n) is 0.885. The third kappa shape index (κ3) is 1.71. The maximum atomic E-state index is 12.3. The quantitative estimate of drug-likeness (QED) is 0.721. The molecule has 1 aromatic heterocycles. The van der Waals surface area contributed by atoms with Crippen molar-refractivity contribution in [3.8, 4) is 5.75 Å². The Labute approximate surface area is 72.0 Å². The Hall–Kier alpha value is -1.72. The van der Waals surface area contributed by atoms with E-state index in [0.29, 0.717) is 0 Å². The van der Waals surface area contributed by atoms with Crippen LogP contribution in [0.1, 0.15) is 22.3 Å². The van der Waals surface area contributed by atoms with E-state index in [4.69, 9.17) is 10.8 Å². The lowest BCUT2D eigenvalue weighted by Gasteiger charge is -2.06. The molecule has 3 N–H and O–H groups in total. The second-order valence-corrected chi connectivity index (χ2v) is 2.28. The molecule has 0 aromatic carbocycles. The van der Waals surface area contributed by atoms with E-state index < -0.39 is 29.2 Å². The van der Waals surface area contributed by atoms with Gasteiger partial charge in [0.1, 0.15) is 5.75 Å². The number of pyridine rings is 1. The Morgan fingerprint density at radius 2 is 2.15 bits per heavy atom. The van der Waals surface area contributed by atoms with Crippen molar-refractivity contribution in [3.05, 3.63) is 23.5 Å². The van der Waals surface area contributed by atoms with Crippen LogP contribution < -0.4 is 5.73 Å². The van der Waals surface area contributed by atoms with Crippen molar-refractivity contribution in [2.75, 3.05) is 0 Å². The minimum absolute atomic E-state index is 0.463. The highest BCUT2D eigenvalue weighted by molar-refractivity contribution is 5.94. The number of alkyl halides is 2. The van der Waals surface area contributed by atoms with Gasteiger partial charge in [-0.25, -0.2) is 8.78 Å². The molecule has 0 unspecified atom stereocenters. The van der Waals surface area contributed by atoms with Crippen LogP contribution >= 0.6 is 0 Å². The molecular weight excluding hydrogens is 182 g/mol. The molecule has 70 valence electrons. The maximum Gasteiger partial charge on any atom is 0.268 e. The highest BCUT2D eigenvalue weighted by Gasteiger charge is 2.20. The van der Waals surface area contributed by atoms with E-state index in [1.54, 1.807) is 0 Å². The summed E-state index contributed by atoms with van der Waals surface area (Å²) in [6.45, 7) is 0. The van der Waals surface area contributed by atoms with Crippen LogP contribution in [0.25, 0.3) is 0 Å². The fraction of sp³-hybridized carbons (Fsp3) is 0.143. The van der Waals surface area contributed by atoms with Crippen LogP contribution in [-0.4, -0.2) is 16.0 Å². The van der Waals surface area contributed by atoms with E-state index in [1.165, 1.54) is 0 Å². The molecule has 1 heterocycles. The van der Waals surface area contributed by atoms with Gasteiger partial charge in [-0.15, -0.1) is 0 Å². The number of rotatable bonds is 2. The molecule has 0 saturated heterocycles. The van der Waals surface area contributed by atoms with Gasteiger partial charge in [0.05, 0.1) is 17.3 Å². The first kappa shape index (κ1) is 9.37. The number of nitrogens with two attached hydrogens (primary N) is 1. The number of hydrogen-bond acceptors (Lipinski definition) is 3. The summed E-state index contributed by atoms with van der Waals surface area (Å²) in [7, 11) is 0. The number of nitrogens with zero attached hydrogens (tertiary/aromatic N) is 1. The number of amides is 1. The lowest BCUT2D eigenvalue weighted by molar-refractivity contribution is 0.0983. The molecule has 0 radical (unpaired) electrons. The molecule has 13 heavy (non-hydrogen) atoms. The second kappa shape index (κ2) is 3.34. The Morgan fingerprint density at radius 3 is 2.54 bits per heavy atom. The summed E-state index contributed by atoms with van der Waals surface area (Å²) in [5.74, 6) is -1.77. The van der Waals surface area contributed by atoms with E-state index in [1.807, 2.05) is 0 Å². The fourth-order valence-corrected chi connectivity index (χ4v) is 0.885. The average molecular weight is 188 g/mol. The summed E-state index contributed by atoms with van der Waals surface area (Å²) < 4.78 is 24.5. The van der Waals surface area contributed by atoms with Gasteiger partial charge in [0.15, 0.2) is 0 Å². The summed E-state index contributed by atoms with van der Waals surface area (Å²) >= 11 is 0. The lowest BCUT2D eigenvalue weighted by atomic mass is 10.1. The van der Waals surface area contributed by atoms with E-state index in [0.717, 1.165) is 12.4 Å². The standard InChI is InChI=1S/C7H6F2N2O2/c8-6(9)5-3(7(10)13)1-11-2-4(5)12/h1-2,6,12H,(H2,10,13). The number of carbonyl (C=O) groups excluding carboxylic acids is 1. The van der Waals surface area contributed by atoms with Crippen LogP contribution in [0, 0.1) is 0 Å². The van der Waals surface area contributed by atoms with Crippen molar-refractivity contribution in [1.29, 1.82) is 0 Å². The van der Waals surface area contributed by atoms with Gasteiger partial charge >= 0.3 is 0 Å². The van der Waals surface area contributed by atoms with E-state index in [2.05, 4.69) is 4.98 Å². The molecule has 0 aliphatic carbocycles. The summed E-state index contributed by atoms with van der Waals surface area (Å²) in [6, 6.07) is 0. The molecule has 6 heteroatoms. The van der Waals surface area contributed by atoms with Crippen LogP contribution in [0.15, 0.2) is 12.4 Å².